The average Bonchev–Trinajstić information content (AvgIpc) is 2.90. The van der Waals surface area contributed by atoms with Gasteiger partial charge in [-0.1, -0.05) is 18.1 Å². The molecule has 0 saturated carbocycles. The summed E-state index contributed by atoms with van der Waals surface area (Å²) in [6, 6.07) is 6.92. The standard InChI is InChI=1S/C13H11N3O2/c1-3-10-5-7-11(8-6-10)13(9-14-16-15-13)12(17)18-4-2/h1,5-9H,4H2,2H3. The van der Waals surface area contributed by atoms with Crippen molar-refractivity contribution >= 4 is 12.2 Å². The largest absolute Gasteiger partial charge is 0.464 e. The third-order valence-corrected chi connectivity index (χ3v) is 2.58. The molecule has 0 saturated heterocycles. The zero-order valence-electron chi connectivity index (χ0n) is 9.83. The predicted octanol–water partition coefficient (Wildman–Crippen LogP) is 1.88. The molecule has 1 aliphatic heterocycles. The van der Waals surface area contributed by atoms with E-state index < -0.39 is 11.5 Å². The van der Waals surface area contributed by atoms with E-state index in [2.05, 4.69) is 21.4 Å². The molecule has 0 radical (unpaired) electrons. The van der Waals surface area contributed by atoms with Crippen molar-refractivity contribution in [3.05, 3.63) is 35.4 Å². The van der Waals surface area contributed by atoms with Crippen molar-refractivity contribution < 1.29 is 9.53 Å². The molecule has 0 spiro atoms. The summed E-state index contributed by atoms with van der Waals surface area (Å²) < 4.78 is 5.02. The Morgan fingerprint density at radius 2 is 2.17 bits per heavy atom. The number of hydrogen-bond donors (Lipinski definition) is 0. The van der Waals surface area contributed by atoms with E-state index in [1.807, 2.05) is 0 Å². The minimum Gasteiger partial charge on any atom is -0.464 e. The zero-order valence-corrected chi connectivity index (χ0v) is 9.83. The fourth-order valence-electron chi connectivity index (χ4n) is 1.64. The zero-order chi connectivity index (χ0) is 13.0. The molecule has 5 nitrogen and oxygen atoms in total. The molecule has 1 unspecified atom stereocenters. The highest BCUT2D eigenvalue weighted by Crippen LogP contribution is 2.29. The molecule has 0 bridgehead atoms. The van der Waals surface area contributed by atoms with E-state index in [-0.39, 0.29) is 6.61 Å². The van der Waals surface area contributed by atoms with Crippen LogP contribution in [0, 0.1) is 12.3 Å². The lowest BCUT2D eigenvalue weighted by molar-refractivity contribution is -0.146. The monoisotopic (exact) mass is 241 g/mol. The first-order chi connectivity index (χ1) is 8.73. The second-order valence-electron chi connectivity index (χ2n) is 3.64. The average molecular weight is 241 g/mol. The number of nitrogens with zero attached hydrogens (tertiary/aromatic N) is 3. The molecule has 18 heavy (non-hydrogen) atoms. The van der Waals surface area contributed by atoms with E-state index in [4.69, 9.17) is 11.2 Å². The number of carbonyl (C=O) groups is 1. The van der Waals surface area contributed by atoms with Crippen LogP contribution in [-0.4, -0.2) is 18.8 Å². The molecule has 2 rings (SSSR count). The molecule has 5 heteroatoms. The van der Waals surface area contributed by atoms with Crippen molar-refractivity contribution in [1.29, 1.82) is 0 Å². The summed E-state index contributed by atoms with van der Waals surface area (Å²) >= 11 is 0. The molecule has 0 aromatic heterocycles. The first-order valence-electron chi connectivity index (χ1n) is 5.43. The van der Waals surface area contributed by atoms with Crippen LogP contribution in [0.5, 0.6) is 0 Å². The minimum absolute atomic E-state index is 0.270. The second-order valence-corrected chi connectivity index (χ2v) is 3.64. The van der Waals surface area contributed by atoms with Gasteiger partial charge in [0.15, 0.2) is 0 Å². The molecule has 0 aliphatic carbocycles. The summed E-state index contributed by atoms with van der Waals surface area (Å²) in [6.07, 6.45) is 6.65. The van der Waals surface area contributed by atoms with Crippen molar-refractivity contribution in [3.63, 3.8) is 0 Å². The normalized spacial score (nSPS) is 20.7. The fourth-order valence-corrected chi connectivity index (χ4v) is 1.64. The predicted molar refractivity (Wildman–Crippen MR) is 66.0 cm³/mol. The van der Waals surface area contributed by atoms with Gasteiger partial charge in [-0.05, 0) is 29.8 Å². The van der Waals surface area contributed by atoms with E-state index in [1.165, 1.54) is 6.21 Å². The molecule has 1 aromatic carbocycles. The van der Waals surface area contributed by atoms with Crippen LogP contribution in [0.25, 0.3) is 0 Å². The first-order valence-corrected chi connectivity index (χ1v) is 5.43. The maximum atomic E-state index is 12.0. The van der Waals surface area contributed by atoms with Gasteiger partial charge in [0.05, 0.1) is 12.8 Å². The Morgan fingerprint density at radius 3 is 2.67 bits per heavy atom. The molecule has 1 aliphatic rings. The summed E-state index contributed by atoms with van der Waals surface area (Å²) in [5, 5.41) is 11.1. The maximum Gasteiger partial charge on any atom is 0.346 e. The Kier molecular flexibility index (Phi) is 3.20. The van der Waals surface area contributed by atoms with Gasteiger partial charge in [-0.2, -0.15) is 0 Å². The van der Waals surface area contributed by atoms with Crippen molar-refractivity contribution in [2.45, 2.75) is 12.5 Å². The van der Waals surface area contributed by atoms with Crippen LogP contribution in [0.2, 0.25) is 0 Å². The lowest BCUT2D eigenvalue weighted by Crippen LogP contribution is -2.35. The summed E-state index contributed by atoms with van der Waals surface area (Å²) in [4.78, 5) is 12.0. The lowest BCUT2D eigenvalue weighted by Gasteiger charge is -2.19. The van der Waals surface area contributed by atoms with Crippen molar-refractivity contribution in [2.75, 3.05) is 6.61 Å². The lowest BCUT2D eigenvalue weighted by atomic mass is 9.91. The number of benzene rings is 1. The van der Waals surface area contributed by atoms with Crippen molar-refractivity contribution in [3.8, 4) is 12.3 Å². The van der Waals surface area contributed by atoms with Gasteiger partial charge in [0.25, 0.3) is 0 Å². The highest BCUT2D eigenvalue weighted by molar-refractivity contribution is 6.02. The molecule has 0 amide bonds. The van der Waals surface area contributed by atoms with E-state index in [1.54, 1.807) is 31.2 Å². The Labute approximate surface area is 105 Å². The van der Waals surface area contributed by atoms with E-state index >= 15 is 0 Å². The second kappa shape index (κ2) is 4.80. The SMILES string of the molecule is C#Cc1ccc(C2(C(=O)OCC)C=NN=N2)cc1. The molecule has 0 fully saturated rings. The summed E-state index contributed by atoms with van der Waals surface area (Å²) in [6.45, 7) is 2.00. The highest BCUT2D eigenvalue weighted by Gasteiger charge is 2.43. The Bertz CT molecular complexity index is 541. The van der Waals surface area contributed by atoms with Gasteiger partial charge in [-0.15, -0.1) is 16.6 Å². The first kappa shape index (κ1) is 12.0. The maximum absolute atomic E-state index is 12.0. The third kappa shape index (κ3) is 1.89. The number of esters is 1. The number of hydrogen-bond acceptors (Lipinski definition) is 5. The minimum atomic E-state index is -1.27. The van der Waals surface area contributed by atoms with Crippen LogP contribution >= 0.6 is 0 Å². The number of rotatable bonds is 3. The van der Waals surface area contributed by atoms with Gasteiger partial charge < -0.3 is 4.74 Å². The van der Waals surface area contributed by atoms with Crippen molar-refractivity contribution in [2.24, 2.45) is 15.4 Å². The van der Waals surface area contributed by atoms with Gasteiger partial charge in [-0.3, -0.25) is 0 Å². The van der Waals surface area contributed by atoms with Crippen LogP contribution in [-0.2, 0) is 15.1 Å². The summed E-state index contributed by atoms with van der Waals surface area (Å²) in [7, 11) is 0. The quantitative estimate of drug-likeness (QED) is 0.599. The number of carbonyl (C=O) groups excluding carboxylic acids is 1. The van der Waals surface area contributed by atoms with Gasteiger partial charge in [0.1, 0.15) is 0 Å². The molecular weight excluding hydrogens is 230 g/mol. The van der Waals surface area contributed by atoms with Gasteiger partial charge in [-0.25, -0.2) is 4.79 Å². The Hall–Kier alpha value is -2.48. The van der Waals surface area contributed by atoms with Gasteiger partial charge >= 0.3 is 5.97 Å². The van der Waals surface area contributed by atoms with Crippen LogP contribution in [0.4, 0.5) is 0 Å². The third-order valence-electron chi connectivity index (χ3n) is 2.58. The summed E-state index contributed by atoms with van der Waals surface area (Å²) in [5.41, 5.74) is 0.0814. The van der Waals surface area contributed by atoms with E-state index in [9.17, 15) is 4.79 Å². The topological polar surface area (TPSA) is 63.4 Å². The smallest absolute Gasteiger partial charge is 0.346 e. The molecule has 1 atom stereocenters. The fraction of sp³-hybridized carbons (Fsp3) is 0.231. The van der Waals surface area contributed by atoms with Crippen molar-refractivity contribution in [1.82, 2.24) is 0 Å². The van der Waals surface area contributed by atoms with E-state index in [0.717, 1.165) is 5.56 Å². The molecular formula is C13H11N3O2. The van der Waals surface area contributed by atoms with Gasteiger partial charge in [0, 0.05) is 5.56 Å². The molecule has 90 valence electrons. The highest BCUT2D eigenvalue weighted by atomic mass is 16.5. The van der Waals surface area contributed by atoms with Crippen LogP contribution in [0.1, 0.15) is 18.1 Å². The van der Waals surface area contributed by atoms with Crippen LogP contribution < -0.4 is 0 Å². The Morgan fingerprint density at radius 1 is 1.44 bits per heavy atom. The van der Waals surface area contributed by atoms with Crippen LogP contribution in [0.3, 0.4) is 0 Å². The van der Waals surface area contributed by atoms with Gasteiger partial charge in [0.2, 0.25) is 5.54 Å². The molecule has 1 aromatic rings. The Balaban J connectivity index is 2.42. The molecule has 0 N–H and O–H groups in total. The summed E-state index contributed by atoms with van der Waals surface area (Å²) in [5.74, 6) is 2.01. The molecule has 1 heterocycles. The number of ether oxygens (including phenoxy) is 1. The van der Waals surface area contributed by atoms with E-state index in [0.29, 0.717) is 5.56 Å². The van der Waals surface area contributed by atoms with Crippen LogP contribution in [0.15, 0.2) is 39.7 Å². The number of terminal acetylenes is 1.